The van der Waals surface area contributed by atoms with E-state index in [2.05, 4.69) is 0 Å². The van der Waals surface area contributed by atoms with Crippen LogP contribution in [0.2, 0.25) is 0 Å². The number of nitrogens with zero attached hydrogens (tertiary/aromatic N) is 2. The number of carbonyl (C=O) groups is 1. The molecule has 0 radical (unpaired) electrons. The summed E-state index contributed by atoms with van der Waals surface area (Å²) in [5, 5.41) is 8.42. The minimum Gasteiger partial charge on any atom is -0.444 e. The SMILES string of the molecule is CC(C)(C)OC(=O)N1CCCC(S(=O)(=O)c2ccccc2C#N)C1. The number of piperidine rings is 1. The van der Waals surface area contributed by atoms with E-state index in [-0.39, 0.29) is 17.0 Å². The molecule has 0 spiro atoms. The van der Waals surface area contributed by atoms with Gasteiger partial charge in [0.1, 0.15) is 11.7 Å². The molecule has 1 aromatic rings. The highest BCUT2D eigenvalue weighted by molar-refractivity contribution is 7.92. The number of amides is 1. The van der Waals surface area contributed by atoms with Crippen molar-refractivity contribution in [1.29, 1.82) is 5.26 Å². The Morgan fingerprint density at radius 3 is 2.62 bits per heavy atom. The predicted molar refractivity (Wildman–Crippen MR) is 89.2 cm³/mol. The Bertz CT molecular complexity index is 760. The van der Waals surface area contributed by atoms with Crippen LogP contribution in [0.25, 0.3) is 0 Å². The van der Waals surface area contributed by atoms with Crippen molar-refractivity contribution in [3.63, 3.8) is 0 Å². The van der Waals surface area contributed by atoms with E-state index in [4.69, 9.17) is 10.00 Å². The lowest BCUT2D eigenvalue weighted by atomic mass is 10.1. The summed E-state index contributed by atoms with van der Waals surface area (Å²) in [4.78, 5) is 13.7. The molecule has 130 valence electrons. The molecule has 1 atom stereocenters. The van der Waals surface area contributed by atoms with Crippen molar-refractivity contribution in [1.82, 2.24) is 4.90 Å². The molecule has 1 saturated heterocycles. The maximum Gasteiger partial charge on any atom is 0.410 e. The number of benzene rings is 1. The number of nitriles is 1. The quantitative estimate of drug-likeness (QED) is 0.818. The minimum atomic E-state index is -3.69. The van der Waals surface area contributed by atoms with Crippen molar-refractivity contribution < 1.29 is 17.9 Å². The summed E-state index contributed by atoms with van der Waals surface area (Å²) < 4.78 is 31.1. The number of carbonyl (C=O) groups excluding carboxylic acids is 1. The smallest absolute Gasteiger partial charge is 0.410 e. The molecule has 1 aromatic carbocycles. The molecule has 0 N–H and O–H groups in total. The maximum absolute atomic E-state index is 12.9. The van der Waals surface area contributed by atoms with E-state index < -0.39 is 26.8 Å². The van der Waals surface area contributed by atoms with E-state index in [1.807, 2.05) is 6.07 Å². The van der Waals surface area contributed by atoms with Gasteiger partial charge in [0.15, 0.2) is 9.84 Å². The van der Waals surface area contributed by atoms with Crippen molar-refractivity contribution in [3.05, 3.63) is 29.8 Å². The van der Waals surface area contributed by atoms with E-state index in [0.29, 0.717) is 19.4 Å². The minimum absolute atomic E-state index is 0.0311. The zero-order valence-electron chi connectivity index (χ0n) is 14.2. The summed E-state index contributed by atoms with van der Waals surface area (Å²) in [5.41, 5.74) is -0.497. The van der Waals surface area contributed by atoms with Gasteiger partial charge in [0.25, 0.3) is 0 Å². The number of hydrogen-bond donors (Lipinski definition) is 0. The predicted octanol–water partition coefficient (Wildman–Crippen LogP) is 2.73. The molecule has 1 unspecified atom stereocenters. The Morgan fingerprint density at radius 1 is 1.33 bits per heavy atom. The van der Waals surface area contributed by atoms with Gasteiger partial charge in [-0.25, -0.2) is 13.2 Å². The van der Waals surface area contributed by atoms with E-state index in [9.17, 15) is 13.2 Å². The van der Waals surface area contributed by atoms with Crippen LogP contribution in [0.4, 0.5) is 4.79 Å². The second kappa shape index (κ2) is 6.81. The van der Waals surface area contributed by atoms with Crippen LogP contribution in [0.15, 0.2) is 29.2 Å². The fourth-order valence-electron chi connectivity index (χ4n) is 2.67. The van der Waals surface area contributed by atoms with E-state index in [1.54, 1.807) is 32.9 Å². The lowest BCUT2D eigenvalue weighted by Gasteiger charge is -2.33. The molecule has 0 aromatic heterocycles. The average Bonchev–Trinajstić information content (AvgIpc) is 2.53. The van der Waals surface area contributed by atoms with Crippen LogP contribution in [-0.4, -0.2) is 43.4 Å². The van der Waals surface area contributed by atoms with Gasteiger partial charge in [0.05, 0.1) is 15.7 Å². The van der Waals surface area contributed by atoms with Gasteiger partial charge in [-0.05, 0) is 45.7 Å². The Labute approximate surface area is 142 Å². The van der Waals surface area contributed by atoms with E-state index in [0.717, 1.165) is 0 Å². The van der Waals surface area contributed by atoms with E-state index >= 15 is 0 Å². The summed E-state index contributed by atoms with van der Waals surface area (Å²) >= 11 is 0. The molecular formula is C17H22N2O4S. The van der Waals surface area contributed by atoms with Crippen LogP contribution in [0.5, 0.6) is 0 Å². The topological polar surface area (TPSA) is 87.5 Å². The largest absolute Gasteiger partial charge is 0.444 e. The van der Waals surface area contributed by atoms with Gasteiger partial charge in [-0.1, -0.05) is 12.1 Å². The second-order valence-electron chi connectivity index (χ2n) is 6.84. The zero-order valence-corrected chi connectivity index (χ0v) is 15.0. The van der Waals surface area contributed by atoms with Gasteiger partial charge in [0.2, 0.25) is 0 Å². The third kappa shape index (κ3) is 4.06. The number of ether oxygens (including phenoxy) is 1. The van der Waals surface area contributed by atoms with Gasteiger partial charge in [-0.3, -0.25) is 0 Å². The van der Waals surface area contributed by atoms with Gasteiger partial charge >= 0.3 is 6.09 Å². The van der Waals surface area contributed by atoms with Crippen LogP contribution < -0.4 is 0 Å². The number of likely N-dealkylation sites (tertiary alicyclic amines) is 1. The molecule has 1 amide bonds. The van der Waals surface area contributed by atoms with Crippen molar-refractivity contribution >= 4 is 15.9 Å². The molecule has 1 aliphatic heterocycles. The first-order chi connectivity index (χ1) is 11.1. The molecule has 24 heavy (non-hydrogen) atoms. The molecule has 0 saturated carbocycles. The molecule has 0 bridgehead atoms. The van der Waals surface area contributed by atoms with Crippen molar-refractivity contribution in [2.24, 2.45) is 0 Å². The first-order valence-corrected chi connectivity index (χ1v) is 9.41. The third-order valence-electron chi connectivity index (χ3n) is 3.78. The molecule has 1 aliphatic rings. The van der Waals surface area contributed by atoms with Crippen LogP contribution in [-0.2, 0) is 14.6 Å². The summed E-state index contributed by atoms with van der Waals surface area (Å²) in [7, 11) is -3.69. The normalized spacial score (nSPS) is 18.8. The maximum atomic E-state index is 12.9. The van der Waals surface area contributed by atoms with Crippen LogP contribution in [0.1, 0.15) is 39.2 Å². The first-order valence-electron chi connectivity index (χ1n) is 7.86. The molecule has 0 aliphatic carbocycles. The Hall–Kier alpha value is -2.07. The first kappa shape index (κ1) is 18.3. The fraction of sp³-hybridized carbons (Fsp3) is 0.529. The molecule has 6 nitrogen and oxygen atoms in total. The van der Waals surface area contributed by atoms with Crippen LogP contribution in [0.3, 0.4) is 0 Å². The van der Waals surface area contributed by atoms with Gasteiger partial charge in [0, 0.05) is 13.1 Å². The number of hydrogen-bond acceptors (Lipinski definition) is 5. The van der Waals surface area contributed by atoms with Gasteiger partial charge in [-0.2, -0.15) is 5.26 Å². The highest BCUT2D eigenvalue weighted by Crippen LogP contribution is 2.26. The lowest BCUT2D eigenvalue weighted by Crippen LogP contribution is -2.47. The van der Waals surface area contributed by atoms with Gasteiger partial charge in [-0.15, -0.1) is 0 Å². The van der Waals surface area contributed by atoms with Crippen LogP contribution >= 0.6 is 0 Å². The molecule has 7 heteroatoms. The summed E-state index contributed by atoms with van der Waals surface area (Å²) in [6, 6.07) is 8.08. The fourth-order valence-corrected chi connectivity index (χ4v) is 4.57. The summed E-state index contributed by atoms with van der Waals surface area (Å²) in [6.07, 6.45) is 0.537. The molecule has 1 heterocycles. The summed E-state index contributed by atoms with van der Waals surface area (Å²) in [5.74, 6) is 0. The van der Waals surface area contributed by atoms with Gasteiger partial charge < -0.3 is 9.64 Å². The van der Waals surface area contributed by atoms with Crippen molar-refractivity contribution in [3.8, 4) is 6.07 Å². The average molecular weight is 350 g/mol. The Morgan fingerprint density at radius 2 is 2.00 bits per heavy atom. The monoisotopic (exact) mass is 350 g/mol. The van der Waals surface area contributed by atoms with Crippen molar-refractivity contribution in [2.75, 3.05) is 13.1 Å². The molecule has 1 fully saturated rings. The lowest BCUT2D eigenvalue weighted by molar-refractivity contribution is 0.0219. The van der Waals surface area contributed by atoms with E-state index in [1.165, 1.54) is 17.0 Å². The Kier molecular flexibility index (Phi) is 5.19. The highest BCUT2D eigenvalue weighted by atomic mass is 32.2. The summed E-state index contributed by atoms with van der Waals surface area (Å²) in [6.45, 7) is 5.86. The third-order valence-corrected chi connectivity index (χ3v) is 6.01. The van der Waals surface area contributed by atoms with Crippen LogP contribution in [0, 0.1) is 11.3 Å². The molecular weight excluding hydrogens is 328 g/mol. The highest BCUT2D eigenvalue weighted by Gasteiger charge is 2.36. The second-order valence-corrected chi connectivity index (χ2v) is 9.04. The number of sulfone groups is 1. The zero-order chi connectivity index (χ0) is 18.0. The Balaban J connectivity index is 2.23. The number of rotatable bonds is 2. The molecule has 2 rings (SSSR count). The van der Waals surface area contributed by atoms with Crippen molar-refractivity contribution in [2.45, 2.75) is 49.4 Å². The standard InChI is InChI=1S/C17H22N2O4S/c1-17(2,3)23-16(20)19-10-6-8-14(12-19)24(21,22)15-9-5-4-7-13(15)11-18/h4-5,7,9,14H,6,8,10,12H2,1-3H3.